The van der Waals surface area contributed by atoms with Crippen LogP contribution in [0.1, 0.15) is 16.3 Å². The summed E-state index contributed by atoms with van der Waals surface area (Å²) in [4.78, 5) is 5.69. The molecule has 0 atom stereocenters. The highest BCUT2D eigenvalue weighted by Crippen LogP contribution is 2.24. The van der Waals surface area contributed by atoms with Gasteiger partial charge in [-0.25, -0.2) is 0 Å². The fraction of sp³-hybridized carbons (Fsp3) is 0.150. The van der Waals surface area contributed by atoms with Crippen LogP contribution in [0.4, 0.5) is 0 Å². The maximum atomic E-state index is 6.13. The van der Waals surface area contributed by atoms with Crippen LogP contribution in [0.3, 0.4) is 0 Å². The molecular formula is C20H16Cl2N4S. The van der Waals surface area contributed by atoms with E-state index in [-0.39, 0.29) is 0 Å². The van der Waals surface area contributed by atoms with Crippen molar-refractivity contribution in [3.8, 4) is 11.5 Å². The van der Waals surface area contributed by atoms with Crippen LogP contribution >= 0.6 is 34.5 Å². The zero-order valence-corrected chi connectivity index (χ0v) is 16.7. The summed E-state index contributed by atoms with van der Waals surface area (Å²) in [5, 5.41) is 12.1. The number of thiophene rings is 1. The van der Waals surface area contributed by atoms with Crippen molar-refractivity contribution in [2.24, 2.45) is 0 Å². The van der Waals surface area contributed by atoms with Gasteiger partial charge in [0.25, 0.3) is 0 Å². The lowest BCUT2D eigenvalue weighted by Gasteiger charge is -2.09. The van der Waals surface area contributed by atoms with Gasteiger partial charge in [0.05, 0.1) is 16.6 Å². The molecule has 0 aliphatic carbocycles. The standard InChI is InChI=1S/C20H16Cl2N4S/c21-16-8-6-14(12-17(16)22)7-9-19-24-25-20(18-5-1-2-10-23-18)26(19)13-15-4-3-11-27-15/h1-6,8,10-12H,7,9,13H2. The lowest BCUT2D eigenvalue weighted by molar-refractivity contribution is 0.722. The molecule has 0 unspecified atom stereocenters. The average Bonchev–Trinajstić information content (AvgIpc) is 3.34. The highest BCUT2D eigenvalue weighted by molar-refractivity contribution is 7.09. The second kappa shape index (κ2) is 8.21. The Hall–Kier alpha value is -2.21. The Morgan fingerprint density at radius 1 is 0.926 bits per heavy atom. The molecule has 0 aliphatic heterocycles. The van der Waals surface area contributed by atoms with Gasteiger partial charge >= 0.3 is 0 Å². The van der Waals surface area contributed by atoms with Crippen LogP contribution < -0.4 is 0 Å². The molecule has 4 aromatic rings. The minimum atomic E-state index is 0.568. The molecule has 27 heavy (non-hydrogen) atoms. The topological polar surface area (TPSA) is 43.6 Å². The maximum absolute atomic E-state index is 6.13. The van der Waals surface area contributed by atoms with Crippen molar-refractivity contribution in [3.63, 3.8) is 0 Å². The Bertz CT molecular complexity index is 1030. The van der Waals surface area contributed by atoms with Crippen LogP contribution in [0.5, 0.6) is 0 Å². The summed E-state index contributed by atoms with van der Waals surface area (Å²) in [5.41, 5.74) is 1.94. The Balaban J connectivity index is 1.63. The number of halogens is 2. The number of aryl methyl sites for hydroxylation is 2. The molecule has 0 N–H and O–H groups in total. The van der Waals surface area contributed by atoms with Gasteiger partial charge in [0.1, 0.15) is 11.5 Å². The molecule has 0 spiro atoms. The van der Waals surface area contributed by atoms with E-state index < -0.39 is 0 Å². The monoisotopic (exact) mass is 414 g/mol. The number of nitrogens with zero attached hydrogens (tertiary/aromatic N) is 4. The van der Waals surface area contributed by atoms with Crippen LogP contribution in [-0.2, 0) is 19.4 Å². The first kappa shape index (κ1) is 18.2. The number of rotatable bonds is 6. The van der Waals surface area contributed by atoms with E-state index in [1.165, 1.54) is 4.88 Å². The summed E-state index contributed by atoms with van der Waals surface area (Å²) in [6.45, 7) is 0.729. The summed E-state index contributed by atoms with van der Waals surface area (Å²) in [5.74, 6) is 1.71. The highest BCUT2D eigenvalue weighted by atomic mass is 35.5. The van der Waals surface area contributed by atoms with E-state index in [1.54, 1.807) is 17.5 Å². The van der Waals surface area contributed by atoms with Crippen LogP contribution in [0.2, 0.25) is 10.0 Å². The van der Waals surface area contributed by atoms with Crippen molar-refractivity contribution >= 4 is 34.5 Å². The molecule has 0 bridgehead atoms. The van der Waals surface area contributed by atoms with Gasteiger partial charge in [-0.05, 0) is 47.7 Å². The number of pyridine rings is 1. The predicted molar refractivity (Wildman–Crippen MR) is 111 cm³/mol. The maximum Gasteiger partial charge on any atom is 0.182 e. The van der Waals surface area contributed by atoms with Gasteiger partial charge in [-0.15, -0.1) is 21.5 Å². The Morgan fingerprint density at radius 3 is 2.59 bits per heavy atom. The van der Waals surface area contributed by atoms with E-state index >= 15 is 0 Å². The number of aromatic nitrogens is 4. The summed E-state index contributed by atoms with van der Waals surface area (Å²) in [7, 11) is 0. The first-order valence-electron chi connectivity index (χ1n) is 8.50. The zero-order chi connectivity index (χ0) is 18.6. The molecule has 136 valence electrons. The first-order chi connectivity index (χ1) is 13.2. The summed E-state index contributed by atoms with van der Waals surface area (Å²) in [6.07, 6.45) is 3.33. The third-order valence-corrected chi connectivity index (χ3v) is 5.84. The van der Waals surface area contributed by atoms with Crippen molar-refractivity contribution in [3.05, 3.63) is 86.4 Å². The van der Waals surface area contributed by atoms with E-state index in [0.29, 0.717) is 10.0 Å². The van der Waals surface area contributed by atoms with Gasteiger partial charge in [0.2, 0.25) is 0 Å². The van der Waals surface area contributed by atoms with E-state index in [1.807, 2.05) is 36.4 Å². The van der Waals surface area contributed by atoms with Gasteiger partial charge in [-0.3, -0.25) is 4.98 Å². The fourth-order valence-electron chi connectivity index (χ4n) is 2.88. The molecule has 0 aliphatic rings. The Labute approximate surface area is 171 Å². The largest absolute Gasteiger partial charge is 0.304 e. The van der Waals surface area contributed by atoms with E-state index in [4.69, 9.17) is 23.2 Å². The fourth-order valence-corrected chi connectivity index (χ4v) is 3.89. The SMILES string of the molecule is Clc1ccc(CCc2nnc(-c3ccccn3)n2Cc2cccs2)cc1Cl. The first-order valence-corrected chi connectivity index (χ1v) is 10.1. The third kappa shape index (κ3) is 4.21. The van der Waals surface area contributed by atoms with Crippen LogP contribution in [0.25, 0.3) is 11.5 Å². The Kier molecular flexibility index (Phi) is 5.53. The van der Waals surface area contributed by atoms with Gasteiger partial charge in [0.15, 0.2) is 5.82 Å². The van der Waals surface area contributed by atoms with Crippen LogP contribution in [-0.4, -0.2) is 19.7 Å². The summed E-state index contributed by atoms with van der Waals surface area (Å²) < 4.78 is 2.14. The van der Waals surface area contributed by atoms with Gasteiger partial charge in [-0.1, -0.05) is 41.4 Å². The molecule has 0 amide bonds. The van der Waals surface area contributed by atoms with Gasteiger partial charge in [-0.2, -0.15) is 0 Å². The molecule has 0 saturated heterocycles. The number of hydrogen-bond acceptors (Lipinski definition) is 4. The lowest BCUT2D eigenvalue weighted by atomic mass is 10.1. The van der Waals surface area contributed by atoms with Crippen molar-refractivity contribution < 1.29 is 0 Å². The summed E-state index contributed by atoms with van der Waals surface area (Å²) in [6, 6.07) is 15.7. The Morgan fingerprint density at radius 2 is 1.85 bits per heavy atom. The normalized spacial score (nSPS) is 11.0. The molecule has 4 nitrogen and oxygen atoms in total. The highest BCUT2D eigenvalue weighted by Gasteiger charge is 2.15. The van der Waals surface area contributed by atoms with Crippen LogP contribution in [0, 0.1) is 0 Å². The lowest BCUT2D eigenvalue weighted by Crippen LogP contribution is -2.08. The zero-order valence-electron chi connectivity index (χ0n) is 14.3. The van der Waals surface area contributed by atoms with E-state index in [0.717, 1.165) is 42.3 Å². The molecular weight excluding hydrogens is 399 g/mol. The number of benzene rings is 1. The molecule has 0 saturated carbocycles. The second-order valence-electron chi connectivity index (χ2n) is 6.07. The smallest absolute Gasteiger partial charge is 0.182 e. The van der Waals surface area contributed by atoms with Gasteiger partial charge in [0, 0.05) is 17.5 Å². The minimum absolute atomic E-state index is 0.568. The van der Waals surface area contributed by atoms with Crippen molar-refractivity contribution in [2.75, 3.05) is 0 Å². The van der Waals surface area contributed by atoms with Crippen molar-refractivity contribution in [2.45, 2.75) is 19.4 Å². The second-order valence-corrected chi connectivity index (χ2v) is 7.92. The molecule has 0 radical (unpaired) electrons. The third-order valence-electron chi connectivity index (χ3n) is 4.24. The number of hydrogen-bond donors (Lipinski definition) is 0. The average molecular weight is 415 g/mol. The van der Waals surface area contributed by atoms with E-state index in [2.05, 4.69) is 37.3 Å². The van der Waals surface area contributed by atoms with Crippen molar-refractivity contribution in [1.29, 1.82) is 0 Å². The molecule has 3 aromatic heterocycles. The summed E-state index contributed by atoms with van der Waals surface area (Å²) >= 11 is 13.9. The van der Waals surface area contributed by atoms with Gasteiger partial charge < -0.3 is 4.57 Å². The molecule has 4 rings (SSSR count). The minimum Gasteiger partial charge on any atom is -0.304 e. The van der Waals surface area contributed by atoms with Crippen molar-refractivity contribution in [1.82, 2.24) is 19.7 Å². The predicted octanol–water partition coefficient (Wildman–Crippen LogP) is 5.54. The molecule has 7 heteroatoms. The molecule has 0 fully saturated rings. The quantitative estimate of drug-likeness (QED) is 0.415. The van der Waals surface area contributed by atoms with E-state index in [9.17, 15) is 0 Å². The molecule has 3 heterocycles. The van der Waals surface area contributed by atoms with Crippen LogP contribution in [0.15, 0.2) is 60.1 Å². The molecule has 1 aromatic carbocycles.